The quantitative estimate of drug-likeness (QED) is 0.365. The molecule has 3 rings (SSSR count). The molecule has 4 nitrogen and oxygen atoms in total. The van der Waals surface area contributed by atoms with Crippen LogP contribution < -0.4 is 14.8 Å². The van der Waals surface area contributed by atoms with E-state index in [0.29, 0.717) is 33.2 Å². The van der Waals surface area contributed by atoms with Crippen molar-refractivity contribution in [3.63, 3.8) is 0 Å². The maximum atomic E-state index is 11.9. The number of aryl methyl sites for hydroxylation is 1. The van der Waals surface area contributed by atoms with Crippen molar-refractivity contribution < 1.29 is 14.3 Å². The molecule has 1 fully saturated rings. The van der Waals surface area contributed by atoms with Crippen LogP contribution in [0.25, 0.3) is 6.08 Å². The summed E-state index contributed by atoms with van der Waals surface area (Å²) in [5.41, 5.74) is 3.10. The molecule has 28 heavy (non-hydrogen) atoms. The molecule has 0 unspecified atom stereocenters. The van der Waals surface area contributed by atoms with Crippen molar-refractivity contribution >= 4 is 51.9 Å². The molecular weight excluding hydrogens is 414 g/mol. The summed E-state index contributed by atoms with van der Waals surface area (Å²) in [6, 6.07) is 11.4. The third-order valence-electron chi connectivity index (χ3n) is 4.26. The highest BCUT2D eigenvalue weighted by molar-refractivity contribution is 8.26. The summed E-state index contributed by atoms with van der Waals surface area (Å²) in [4.78, 5) is 12.4. The van der Waals surface area contributed by atoms with Gasteiger partial charge in [-0.05, 0) is 55.3 Å². The van der Waals surface area contributed by atoms with Crippen LogP contribution in [0.3, 0.4) is 0 Å². The van der Waals surface area contributed by atoms with E-state index in [9.17, 15) is 4.79 Å². The van der Waals surface area contributed by atoms with Gasteiger partial charge in [-0.1, -0.05) is 47.7 Å². The van der Waals surface area contributed by atoms with Crippen molar-refractivity contribution in [1.29, 1.82) is 0 Å². The summed E-state index contributed by atoms with van der Waals surface area (Å²) < 4.78 is 12.2. The molecule has 2 aromatic carbocycles. The van der Waals surface area contributed by atoms with Gasteiger partial charge in [0, 0.05) is 17.0 Å². The summed E-state index contributed by atoms with van der Waals surface area (Å²) >= 11 is 12.4. The highest BCUT2D eigenvalue weighted by Crippen LogP contribution is 2.31. The predicted molar refractivity (Wildman–Crippen MR) is 119 cm³/mol. The first kappa shape index (κ1) is 20.7. The average Bonchev–Trinajstić information content (AvgIpc) is 2.97. The Morgan fingerprint density at radius 3 is 2.61 bits per heavy atom. The fourth-order valence-electron chi connectivity index (χ4n) is 2.63. The van der Waals surface area contributed by atoms with Crippen LogP contribution in [0.2, 0.25) is 5.02 Å². The molecule has 1 heterocycles. The first-order valence-electron chi connectivity index (χ1n) is 8.80. The zero-order chi connectivity index (χ0) is 20.1. The number of carbonyl (C=O) groups is 1. The van der Waals surface area contributed by atoms with Gasteiger partial charge in [0.05, 0.1) is 18.1 Å². The topological polar surface area (TPSA) is 47.6 Å². The predicted octanol–water partition coefficient (Wildman–Crippen LogP) is 5.29. The third kappa shape index (κ3) is 5.28. The highest BCUT2D eigenvalue weighted by atomic mass is 35.5. The molecule has 0 aliphatic carbocycles. The number of carbonyl (C=O) groups excluding carboxylic acids is 1. The molecule has 0 radical (unpaired) electrons. The lowest BCUT2D eigenvalue weighted by Gasteiger charge is -2.12. The Kier molecular flexibility index (Phi) is 6.99. The minimum Gasteiger partial charge on any atom is -0.493 e. The van der Waals surface area contributed by atoms with Gasteiger partial charge in [-0.15, -0.1) is 0 Å². The summed E-state index contributed by atoms with van der Waals surface area (Å²) in [5, 5.41) is 3.17. The van der Waals surface area contributed by atoms with Gasteiger partial charge in [0.2, 0.25) is 0 Å². The van der Waals surface area contributed by atoms with Crippen LogP contribution in [0.1, 0.15) is 23.1 Å². The van der Waals surface area contributed by atoms with Gasteiger partial charge in [-0.2, -0.15) is 0 Å². The normalized spacial score (nSPS) is 15.0. The number of nitrogens with one attached hydrogen (secondary N) is 1. The molecule has 0 saturated carbocycles. The molecule has 0 spiro atoms. The number of hydrogen-bond acceptors (Lipinski definition) is 5. The van der Waals surface area contributed by atoms with Gasteiger partial charge >= 0.3 is 0 Å². The molecule has 1 amide bonds. The minimum absolute atomic E-state index is 0.206. The van der Waals surface area contributed by atoms with E-state index in [1.54, 1.807) is 24.3 Å². The summed E-state index contributed by atoms with van der Waals surface area (Å²) in [6.07, 6.45) is 2.47. The van der Waals surface area contributed by atoms with E-state index >= 15 is 0 Å². The molecule has 7 heteroatoms. The molecule has 0 aromatic heterocycles. The Morgan fingerprint density at radius 1 is 1.14 bits per heavy atom. The summed E-state index contributed by atoms with van der Waals surface area (Å²) in [7, 11) is 0. The molecule has 1 aliphatic rings. The number of thioether (sulfide) groups is 1. The van der Waals surface area contributed by atoms with Crippen molar-refractivity contribution in [2.75, 3.05) is 13.2 Å². The number of halogens is 1. The number of rotatable bonds is 7. The zero-order valence-corrected chi connectivity index (χ0v) is 18.0. The second-order valence-electron chi connectivity index (χ2n) is 6.28. The van der Waals surface area contributed by atoms with Crippen LogP contribution in [0.5, 0.6) is 11.5 Å². The SMILES string of the molecule is Cc1cccc(OCCCOc2ccc(Cl)cc2/C=C2/SC(=S)NC2=O)c1C. The standard InChI is InChI=1S/C21H20ClNO3S2/c1-13-5-3-6-17(14(13)2)25-9-4-10-26-18-8-7-16(22)11-15(18)12-19-20(24)23-21(27)28-19/h3,5-8,11-12H,4,9-10H2,1-2H3,(H,23,24,27)/b19-12+. The zero-order valence-electron chi connectivity index (χ0n) is 15.6. The van der Waals surface area contributed by atoms with Crippen molar-refractivity contribution in [2.45, 2.75) is 20.3 Å². The van der Waals surface area contributed by atoms with E-state index in [2.05, 4.69) is 25.2 Å². The maximum Gasteiger partial charge on any atom is 0.263 e. The second kappa shape index (κ2) is 9.45. The number of thiocarbonyl (C=S) groups is 1. The Morgan fingerprint density at radius 2 is 1.89 bits per heavy atom. The molecule has 0 bridgehead atoms. The summed E-state index contributed by atoms with van der Waals surface area (Å²) in [6.45, 7) is 5.16. The molecular formula is C21H20ClNO3S2. The fraction of sp³-hybridized carbons (Fsp3) is 0.238. The van der Waals surface area contributed by atoms with Crippen LogP contribution >= 0.6 is 35.6 Å². The van der Waals surface area contributed by atoms with Crippen LogP contribution in [0.15, 0.2) is 41.3 Å². The Bertz CT molecular complexity index is 943. The van der Waals surface area contributed by atoms with Crippen LogP contribution in [-0.2, 0) is 4.79 Å². The molecule has 1 N–H and O–H groups in total. The lowest BCUT2D eigenvalue weighted by Crippen LogP contribution is -2.17. The number of benzene rings is 2. The molecule has 146 valence electrons. The van der Waals surface area contributed by atoms with Gasteiger partial charge in [-0.3, -0.25) is 4.79 Å². The lowest BCUT2D eigenvalue weighted by atomic mass is 10.1. The highest BCUT2D eigenvalue weighted by Gasteiger charge is 2.22. The minimum atomic E-state index is -0.206. The number of hydrogen-bond donors (Lipinski definition) is 1. The monoisotopic (exact) mass is 433 g/mol. The Balaban J connectivity index is 1.59. The van der Waals surface area contributed by atoms with Crippen LogP contribution in [-0.4, -0.2) is 23.4 Å². The third-order valence-corrected chi connectivity index (χ3v) is 5.66. The van der Waals surface area contributed by atoms with Crippen molar-refractivity contribution in [3.05, 3.63) is 63.0 Å². The van der Waals surface area contributed by atoms with E-state index in [1.807, 2.05) is 12.1 Å². The Labute approximate surface area is 179 Å². The van der Waals surface area contributed by atoms with Crippen molar-refractivity contribution in [2.24, 2.45) is 0 Å². The van der Waals surface area contributed by atoms with Gasteiger partial charge in [0.1, 0.15) is 15.8 Å². The van der Waals surface area contributed by atoms with E-state index < -0.39 is 0 Å². The largest absolute Gasteiger partial charge is 0.493 e. The second-order valence-corrected chi connectivity index (χ2v) is 8.44. The number of ether oxygens (including phenoxy) is 2. The Hall–Kier alpha value is -2.02. The van der Waals surface area contributed by atoms with Gasteiger partial charge in [-0.25, -0.2) is 0 Å². The van der Waals surface area contributed by atoms with E-state index in [0.717, 1.165) is 23.3 Å². The smallest absolute Gasteiger partial charge is 0.263 e. The van der Waals surface area contributed by atoms with Crippen molar-refractivity contribution in [3.8, 4) is 11.5 Å². The average molecular weight is 434 g/mol. The van der Waals surface area contributed by atoms with Gasteiger partial charge in [0.15, 0.2) is 0 Å². The first-order valence-corrected chi connectivity index (χ1v) is 10.4. The van der Waals surface area contributed by atoms with E-state index in [-0.39, 0.29) is 5.91 Å². The molecule has 2 aromatic rings. The first-order chi connectivity index (χ1) is 13.4. The van der Waals surface area contributed by atoms with Crippen LogP contribution in [0, 0.1) is 13.8 Å². The van der Waals surface area contributed by atoms with Crippen molar-refractivity contribution in [1.82, 2.24) is 5.32 Å². The number of amides is 1. The van der Waals surface area contributed by atoms with Gasteiger partial charge < -0.3 is 14.8 Å². The maximum absolute atomic E-state index is 11.9. The van der Waals surface area contributed by atoms with E-state index in [4.69, 9.17) is 33.3 Å². The lowest BCUT2D eigenvalue weighted by molar-refractivity contribution is -0.115. The molecule has 1 aliphatic heterocycles. The fourth-order valence-corrected chi connectivity index (χ4v) is 3.85. The summed E-state index contributed by atoms with van der Waals surface area (Å²) in [5.74, 6) is 1.36. The molecule has 1 saturated heterocycles. The van der Waals surface area contributed by atoms with Gasteiger partial charge in [0.25, 0.3) is 5.91 Å². The van der Waals surface area contributed by atoms with Crippen LogP contribution in [0.4, 0.5) is 0 Å². The molecule has 0 atom stereocenters. The van der Waals surface area contributed by atoms with E-state index in [1.165, 1.54) is 17.3 Å².